The van der Waals surface area contributed by atoms with Gasteiger partial charge >= 0.3 is 0 Å². The molecule has 2 heterocycles. The van der Waals surface area contributed by atoms with Crippen molar-refractivity contribution < 1.29 is 4.79 Å². The normalized spacial score (nSPS) is 22.6. The molecule has 1 aliphatic carbocycles. The van der Waals surface area contributed by atoms with Gasteiger partial charge in [-0.2, -0.15) is 0 Å². The Labute approximate surface area is 95.3 Å². The van der Waals surface area contributed by atoms with Gasteiger partial charge in [-0.25, -0.2) is 4.98 Å². The van der Waals surface area contributed by atoms with Crippen molar-refractivity contribution in [2.75, 3.05) is 5.32 Å². The fraction of sp³-hybridized carbons (Fsp3) is 0.538. The van der Waals surface area contributed by atoms with E-state index in [9.17, 15) is 4.79 Å². The van der Waals surface area contributed by atoms with Gasteiger partial charge in [0.05, 0.1) is 5.41 Å². The Morgan fingerprint density at radius 1 is 1.25 bits per heavy atom. The first-order valence-corrected chi connectivity index (χ1v) is 6.06. The molecule has 0 atom stereocenters. The first-order valence-electron chi connectivity index (χ1n) is 6.06. The van der Waals surface area contributed by atoms with Crippen molar-refractivity contribution in [1.82, 2.24) is 4.98 Å². The van der Waals surface area contributed by atoms with E-state index in [2.05, 4.69) is 16.4 Å². The summed E-state index contributed by atoms with van der Waals surface area (Å²) in [4.78, 5) is 16.4. The second-order valence-electron chi connectivity index (χ2n) is 4.98. The van der Waals surface area contributed by atoms with E-state index in [0.717, 1.165) is 25.1 Å². The number of aromatic nitrogens is 1. The number of rotatable bonds is 0. The van der Waals surface area contributed by atoms with Gasteiger partial charge in [0.15, 0.2) is 0 Å². The molecule has 3 nitrogen and oxygen atoms in total. The fourth-order valence-corrected chi connectivity index (χ4v) is 3.01. The molecule has 3 heteroatoms. The molecule has 16 heavy (non-hydrogen) atoms. The summed E-state index contributed by atoms with van der Waals surface area (Å²) in [5.74, 6) is 0.960. The predicted octanol–water partition coefficient (Wildman–Crippen LogP) is 2.53. The van der Waals surface area contributed by atoms with Gasteiger partial charge in [-0.3, -0.25) is 4.79 Å². The van der Waals surface area contributed by atoms with Gasteiger partial charge in [-0.1, -0.05) is 25.3 Å². The number of carbonyl (C=O) groups excluding carboxylic acids is 1. The van der Waals surface area contributed by atoms with Crippen LogP contribution in [0.1, 0.15) is 37.7 Å². The van der Waals surface area contributed by atoms with E-state index in [4.69, 9.17) is 0 Å². The lowest BCUT2D eigenvalue weighted by atomic mass is 9.68. The van der Waals surface area contributed by atoms with Crippen LogP contribution in [0.5, 0.6) is 0 Å². The highest BCUT2D eigenvalue weighted by Gasteiger charge is 2.42. The van der Waals surface area contributed by atoms with E-state index in [1.54, 1.807) is 6.20 Å². The molecule has 1 aromatic heterocycles. The van der Waals surface area contributed by atoms with Crippen LogP contribution in [-0.2, 0) is 11.2 Å². The molecule has 0 saturated heterocycles. The SMILES string of the molecule is O=C1Nc2ncccc2CC12CCCCC2. The zero-order valence-corrected chi connectivity index (χ0v) is 9.33. The van der Waals surface area contributed by atoms with Gasteiger partial charge in [0.25, 0.3) is 0 Å². The molecule has 1 fully saturated rings. The van der Waals surface area contributed by atoms with Gasteiger partial charge in [0.1, 0.15) is 5.82 Å². The molecular weight excluding hydrogens is 200 g/mol. The second kappa shape index (κ2) is 3.58. The van der Waals surface area contributed by atoms with E-state index in [0.29, 0.717) is 0 Å². The molecule has 0 aromatic carbocycles. The number of fused-ring (bicyclic) bond motifs is 1. The van der Waals surface area contributed by atoms with Crippen LogP contribution in [0, 0.1) is 5.41 Å². The summed E-state index contributed by atoms with van der Waals surface area (Å²) in [5, 5.41) is 2.97. The first kappa shape index (κ1) is 9.82. The van der Waals surface area contributed by atoms with E-state index in [1.165, 1.54) is 24.8 Å². The van der Waals surface area contributed by atoms with Crippen molar-refractivity contribution in [2.45, 2.75) is 38.5 Å². The summed E-state index contributed by atoms with van der Waals surface area (Å²) in [6, 6.07) is 4.03. The van der Waals surface area contributed by atoms with Gasteiger partial charge in [0.2, 0.25) is 5.91 Å². The summed E-state index contributed by atoms with van der Waals surface area (Å²) in [6.07, 6.45) is 8.32. The largest absolute Gasteiger partial charge is 0.310 e. The summed E-state index contributed by atoms with van der Waals surface area (Å²) >= 11 is 0. The minimum absolute atomic E-state index is 0.131. The highest BCUT2D eigenvalue weighted by Crippen LogP contribution is 2.43. The van der Waals surface area contributed by atoms with Crippen molar-refractivity contribution in [3.05, 3.63) is 23.9 Å². The third-order valence-corrected chi connectivity index (χ3v) is 3.94. The molecule has 1 amide bonds. The third-order valence-electron chi connectivity index (χ3n) is 3.94. The summed E-state index contributed by atoms with van der Waals surface area (Å²) < 4.78 is 0. The van der Waals surface area contributed by atoms with E-state index < -0.39 is 0 Å². The minimum Gasteiger partial charge on any atom is -0.310 e. The maximum atomic E-state index is 12.2. The van der Waals surface area contributed by atoms with Gasteiger partial charge in [0, 0.05) is 6.20 Å². The third kappa shape index (κ3) is 1.42. The zero-order valence-electron chi connectivity index (χ0n) is 9.33. The number of nitrogens with one attached hydrogen (secondary N) is 1. The highest BCUT2D eigenvalue weighted by molar-refractivity contribution is 5.97. The lowest BCUT2D eigenvalue weighted by Crippen LogP contribution is -2.43. The van der Waals surface area contributed by atoms with Crippen molar-refractivity contribution in [1.29, 1.82) is 0 Å². The fourth-order valence-electron chi connectivity index (χ4n) is 3.01. The second-order valence-corrected chi connectivity index (χ2v) is 4.98. The van der Waals surface area contributed by atoms with Crippen LogP contribution in [0.3, 0.4) is 0 Å². The quantitative estimate of drug-likeness (QED) is 0.724. The molecule has 1 N–H and O–H groups in total. The molecule has 1 aliphatic heterocycles. The molecule has 0 radical (unpaired) electrons. The van der Waals surface area contributed by atoms with E-state index in [1.807, 2.05) is 6.07 Å². The standard InChI is InChI=1S/C13H16N2O/c16-12-13(6-2-1-3-7-13)9-10-5-4-8-14-11(10)15-12/h4-5,8H,1-3,6-7,9H2,(H,14,15,16). The number of anilines is 1. The van der Waals surface area contributed by atoms with Crippen LogP contribution in [-0.4, -0.2) is 10.9 Å². The molecule has 84 valence electrons. The monoisotopic (exact) mass is 216 g/mol. The maximum absolute atomic E-state index is 12.2. The topological polar surface area (TPSA) is 42.0 Å². The van der Waals surface area contributed by atoms with Gasteiger partial charge in [-0.05, 0) is 30.9 Å². The van der Waals surface area contributed by atoms with Crippen LogP contribution in [0.2, 0.25) is 0 Å². The average molecular weight is 216 g/mol. The Morgan fingerprint density at radius 3 is 2.88 bits per heavy atom. The van der Waals surface area contributed by atoms with Crippen molar-refractivity contribution >= 4 is 11.7 Å². The smallest absolute Gasteiger partial charge is 0.232 e. The van der Waals surface area contributed by atoms with Crippen LogP contribution < -0.4 is 5.32 Å². The number of pyridine rings is 1. The average Bonchev–Trinajstić information content (AvgIpc) is 2.32. The van der Waals surface area contributed by atoms with Crippen molar-refractivity contribution in [3.8, 4) is 0 Å². The molecule has 3 rings (SSSR count). The Morgan fingerprint density at radius 2 is 2.06 bits per heavy atom. The van der Waals surface area contributed by atoms with E-state index >= 15 is 0 Å². The van der Waals surface area contributed by atoms with E-state index in [-0.39, 0.29) is 11.3 Å². The molecule has 1 spiro atoms. The van der Waals surface area contributed by atoms with Crippen molar-refractivity contribution in [2.24, 2.45) is 5.41 Å². The highest BCUT2D eigenvalue weighted by atomic mass is 16.2. The molecule has 2 aliphatic rings. The van der Waals surface area contributed by atoms with Gasteiger partial charge < -0.3 is 5.32 Å². The summed E-state index contributed by atoms with van der Waals surface area (Å²) in [5.41, 5.74) is 1.07. The first-order chi connectivity index (χ1) is 7.80. The number of carbonyl (C=O) groups is 1. The predicted molar refractivity (Wildman–Crippen MR) is 62.1 cm³/mol. The Bertz CT molecular complexity index is 422. The minimum atomic E-state index is -0.131. The number of nitrogens with zero attached hydrogens (tertiary/aromatic N) is 1. The summed E-state index contributed by atoms with van der Waals surface area (Å²) in [6.45, 7) is 0. The molecule has 1 aromatic rings. The Hall–Kier alpha value is -1.38. The van der Waals surface area contributed by atoms with Crippen LogP contribution in [0.15, 0.2) is 18.3 Å². The van der Waals surface area contributed by atoms with Crippen LogP contribution in [0.4, 0.5) is 5.82 Å². The van der Waals surface area contributed by atoms with Crippen LogP contribution >= 0.6 is 0 Å². The molecule has 0 unspecified atom stereocenters. The van der Waals surface area contributed by atoms with Crippen molar-refractivity contribution in [3.63, 3.8) is 0 Å². The Kier molecular flexibility index (Phi) is 2.20. The number of hydrogen-bond acceptors (Lipinski definition) is 2. The molecule has 1 saturated carbocycles. The molecular formula is C13H16N2O. The summed E-state index contributed by atoms with van der Waals surface area (Å²) in [7, 11) is 0. The van der Waals surface area contributed by atoms with Gasteiger partial charge in [-0.15, -0.1) is 0 Å². The zero-order chi connectivity index (χ0) is 11.0. The molecule has 0 bridgehead atoms. The number of hydrogen-bond donors (Lipinski definition) is 1. The van der Waals surface area contributed by atoms with Crippen LogP contribution in [0.25, 0.3) is 0 Å². The lowest BCUT2D eigenvalue weighted by Gasteiger charge is -2.39. The Balaban J connectivity index is 1.97. The number of amides is 1. The maximum Gasteiger partial charge on any atom is 0.232 e. The lowest BCUT2D eigenvalue weighted by molar-refractivity contribution is -0.128.